The number of hydrogen-bond acceptors (Lipinski definition) is 6. The monoisotopic (exact) mass is 456 g/mol. The number of aliphatic hydroxyl groups is 1. The van der Waals surface area contributed by atoms with Crippen molar-refractivity contribution >= 4 is 45.0 Å². The Morgan fingerprint density at radius 1 is 1.00 bits per heavy atom. The van der Waals surface area contributed by atoms with Crippen LogP contribution in [0, 0.1) is 0 Å². The van der Waals surface area contributed by atoms with Crippen LogP contribution in [0.25, 0.3) is 5.76 Å². The summed E-state index contributed by atoms with van der Waals surface area (Å²) in [4.78, 5) is 49.7. The second-order valence-electron chi connectivity index (χ2n) is 6.42. The van der Waals surface area contributed by atoms with E-state index in [1.807, 2.05) is 0 Å². The normalized spacial score (nSPS) is 14.4. The van der Waals surface area contributed by atoms with Crippen LogP contribution in [0.15, 0.2) is 58.6 Å². The lowest BCUT2D eigenvalue weighted by Gasteiger charge is -2.24. The Labute approximate surface area is 175 Å². The molecule has 3 rings (SSSR count). The van der Waals surface area contributed by atoms with Crippen molar-refractivity contribution in [2.75, 3.05) is 6.61 Å². The molecule has 0 unspecified atom stereocenters. The van der Waals surface area contributed by atoms with Crippen molar-refractivity contribution in [1.82, 2.24) is 0 Å². The van der Waals surface area contributed by atoms with E-state index in [-0.39, 0.29) is 29.1 Å². The van der Waals surface area contributed by atoms with Crippen LogP contribution in [0.4, 0.5) is 0 Å². The second-order valence-corrected chi connectivity index (χ2v) is 7.33. The van der Waals surface area contributed by atoms with E-state index in [1.165, 1.54) is 12.1 Å². The van der Waals surface area contributed by atoms with Gasteiger partial charge in [0.2, 0.25) is 17.3 Å². The molecule has 0 saturated heterocycles. The lowest BCUT2D eigenvalue weighted by Crippen LogP contribution is -2.29. The summed E-state index contributed by atoms with van der Waals surface area (Å²) in [5.41, 5.74) is 0.629. The van der Waals surface area contributed by atoms with Crippen molar-refractivity contribution in [3.8, 4) is 0 Å². The average molecular weight is 457 g/mol. The van der Waals surface area contributed by atoms with Gasteiger partial charge < -0.3 is 9.84 Å². The summed E-state index contributed by atoms with van der Waals surface area (Å²) < 4.78 is 5.52. The minimum absolute atomic E-state index is 0.0340. The van der Waals surface area contributed by atoms with Crippen LogP contribution in [0.2, 0.25) is 0 Å². The van der Waals surface area contributed by atoms with E-state index in [0.717, 1.165) is 4.47 Å². The average Bonchev–Trinajstić information content (AvgIpc) is 2.72. The van der Waals surface area contributed by atoms with Gasteiger partial charge >= 0.3 is 5.97 Å². The van der Waals surface area contributed by atoms with Gasteiger partial charge in [0.15, 0.2) is 0 Å². The minimum Gasteiger partial charge on any atom is -0.507 e. The number of ether oxygens (including phenoxy) is 1. The fourth-order valence-electron chi connectivity index (χ4n) is 3.27. The van der Waals surface area contributed by atoms with Gasteiger partial charge in [-0.15, -0.1) is 0 Å². The molecule has 0 fully saturated rings. The van der Waals surface area contributed by atoms with Crippen LogP contribution in [0.3, 0.4) is 0 Å². The summed E-state index contributed by atoms with van der Waals surface area (Å²) in [5.74, 6) is -4.88. The summed E-state index contributed by atoms with van der Waals surface area (Å²) in [6.07, 6.45) is -0.416. The largest absolute Gasteiger partial charge is 0.507 e. The van der Waals surface area contributed by atoms with Crippen LogP contribution in [0.1, 0.15) is 40.7 Å². The lowest BCUT2D eigenvalue weighted by molar-refractivity contribution is -0.153. The van der Waals surface area contributed by atoms with Gasteiger partial charge in [-0.1, -0.05) is 52.3 Å². The Balaban J connectivity index is 2.14. The van der Waals surface area contributed by atoms with E-state index in [1.54, 1.807) is 43.3 Å². The highest BCUT2D eigenvalue weighted by molar-refractivity contribution is 9.10. The molecule has 1 aliphatic rings. The Kier molecular flexibility index (Phi) is 6.08. The summed E-state index contributed by atoms with van der Waals surface area (Å²) in [6.45, 7) is 1.61. The highest BCUT2D eigenvalue weighted by Crippen LogP contribution is 2.38. The Morgan fingerprint density at radius 3 is 2.24 bits per heavy atom. The van der Waals surface area contributed by atoms with Crippen LogP contribution < -0.4 is 0 Å². The zero-order valence-corrected chi connectivity index (χ0v) is 17.1. The predicted molar refractivity (Wildman–Crippen MR) is 108 cm³/mol. The number of ketones is 3. The SMILES string of the molecule is CCOC(=O)C(=O)C[C@@H](C1=C(O)c2ccccc2C(=O)C1=O)c1ccc(Br)cc1. The number of rotatable bonds is 6. The van der Waals surface area contributed by atoms with Gasteiger partial charge in [-0.2, -0.15) is 0 Å². The minimum atomic E-state index is -1.02. The van der Waals surface area contributed by atoms with Gasteiger partial charge in [-0.05, 0) is 24.6 Å². The third-order valence-electron chi connectivity index (χ3n) is 4.65. The van der Waals surface area contributed by atoms with Crippen molar-refractivity contribution < 1.29 is 29.0 Å². The second kappa shape index (κ2) is 8.53. The van der Waals surface area contributed by atoms with E-state index in [4.69, 9.17) is 4.74 Å². The molecule has 0 spiro atoms. The zero-order chi connectivity index (χ0) is 21.1. The molecule has 1 N–H and O–H groups in total. The third kappa shape index (κ3) is 4.05. The molecule has 6 nitrogen and oxygen atoms in total. The van der Waals surface area contributed by atoms with Crippen molar-refractivity contribution in [2.24, 2.45) is 0 Å². The maximum absolute atomic E-state index is 12.9. The number of halogens is 1. The van der Waals surface area contributed by atoms with Gasteiger partial charge in [0.05, 0.1) is 12.2 Å². The fourth-order valence-corrected chi connectivity index (χ4v) is 3.53. The number of esters is 1. The van der Waals surface area contributed by atoms with Gasteiger partial charge in [0.25, 0.3) is 0 Å². The molecule has 0 heterocycles. The van der Waals surface area contributed by atoms with E-state index in [9.17, 15) is 24.3 Å². The van der Waals surface area contributed by atoms with Gasteiger partial charge in [0.1, 0.15) is 5.76 Å². The summed E-state index contributed by atoms with van der Waals surface area (Å²) >= 11 is 3.32. The number of Topliss-reactive ketones (excluding diaryl/α,β-unsaturated/α-hetero) is 3. The Bertz CT molecular complexity index is 1040. The van der Waals surface area contributed by atoms with Crippen LogP contribution in [-0.2, 0) is 19.1 Å². The molecular weight excluding hydrogens is 440 g/mol. The number of carbonyl (C=O) groups excluding carboxylic acids is 4. The maximum atomic E-state index is 12.9. The molecular formula is C22H17BrO6. The Hall–Kier alpha value is -3.06. The first-order valence-electron chi connectivity index (χ1n) is 8.92. The standard InChI is InChI=1S/C22H17BrO6/c1-2-29-22(28)17(24)11-16(12-7-9-13(23)10-8-12)18-19(25)14-5-3-4-6-15(14)20(26)21(18)27/h3-10,16,25H,2,11H2,1H3/t16-/m1/s1. The molecule has 0 bridgehead atoms. The molecule has 0 aliphatic heterocycles. The molecule has 0 amide bonds. The number of benzene rings is 2. The molecule has 0 aromatic heterocycles. The molecule has 2 aromatic carbocycles. The van der Waals surface area contributed by atoms with E-state index < -0.39 is 35.7 Å². The van der Waals surface area contributed by atoms with Crippen LogP contribution in [0.5, 0.6) is 0 Å². The molecule has 0 saturated carbocycles. The first-order chi connectivity index (χ1) is 13.8. The molecule has 1 atom stereocenters. The van der Waals surface area contributed by atoms with Crippen LogP contribution in [-0.4, -0.2) is 35.0 Å². The van der Waals surface area contributed by atoms with Gasteiger partial charge in [-0.25, -0.2) is 4.79 Å². The quantitative estimate of drug-likeness (QED) is 0.524. The number of hydrogen-bond donors (Lipinski definition) is 1. The van der Waals surface area contributed by atoms with Gasteiger partial charge in [-0.3, -0.25) is 14.4 Å². The highest BCUT2D eigenvalue weighted by Gasteiger charge is 2.39. The summed E-state index contributed by atoms with van der Waals surface area (Å²) in [5, 5.41) is 10.8. The molecule has 29 heavy (non-hydrogen) atoms. The Morgan fingerprint density at radius 2 is 1.62 bits per heavy atom. The van der Waals surface area contributed by atoms with Crippen molar-refractivity contribution in [2.45, 2.75) is 19.3 Å². The first kappa shape index (κ1) is 20.7. The van der Waals surface area contributed by atoms with Crippen LogP contribution >= 0.6 is 15.9 Å². The predicted octanol–water partition coefficient (Wildman–Crippen LogP) is 3.79. The number of carbonyl (C=O) groups is 4. The van der Waals surface area contributed by atoms with Crippen molar-refractivity contribution in [1.29, 1.82) is 0 Å². The third-order valence-corrected chi connectivity index (χ3v) is 5.17. The fraction of sp³-hybridized carbons (Fsp3) is 0.182. The lowest BCUT2D eigenvalue weighted by atomic mass is 9.77. The first-order valence-corrected chi connectivity index (χ1v) is 9.71. The molecule has 1 aliphatic carbocycles. The van der Waals surface area contributed by atoms with Crippen molar-refractivity contribution in [3.05, 3.63) is 75.3 Å². The highest BCUT2D eigenvalue weighted by atomic mass is 79.9. The summed E-state index contributed by atoms with van der Waals surface area (Å²) in [7, 11) is 0. The van der Waals surface area contributed by atoms with E-state index in [0.29, 0.717) is 5.56 Å². The molecule has 148 valence electrons. The molecule has 2 aromatic rings. The number of allylic oxidation sites excluding steroid dienone is 1. The topological polar surface area (TPSA) is 97.7 Å². The smallest absolute Gasteiger partial charge is 0.374 e. The van der Waals surface area contributed by atoms with E-state index in [2.05, 4.69) is 15.9 Å². The molecule has 0 radical (unpaired) electrons. The number of aliphatic hydroxyl groups excluding tert-OH is 1. The van der Waals surface area contributed by atoms with E-state index >= 15 is 0 Å². The summed E-state index contributed by atoms with van der Waals surface area (Å²) in [6, 6.07) is 12.9. The maximum Gasteiger partial charge on any atom is 0.374 e. The molecule has 7 heteroatoms. The zero-order valence-electron chi connectivity index (χ0n) is 15.5. The number of fused-ring (bicyclic) bond motifs is 1. The van der Waals surface area contributed by atoms with Gasteiger partial charge in [0, 0.05) is 27.9 Å². The van der Waals surface area contributed by atoms with Crippen molar-refractivity contribution in [3.63, 3.8) is 0 Å².